The molecule has 6 atom stereocenters. The maximum atomic E-state index is 12.0. The Bertz CT molecular complexity index is 3730. The number of hydrogen-bond donors (Lipinski definition) is 6. The maximum Gasteiger partial charge on any atom is 0.342 e. The van der Waals surface area contributed by atoms with Crippen molar-refractivity contribution in [1.29, 1.82) is 0 Å². The predicted molar refractivity (Wildman–Crippen MR) is 390 cm³/mol. The third kappa shape index (κ3) is 19.3. The summed E-state index contributed by atoms with van der Waals surface area (Å²) in [6.07, 6.45) is 11.6. The Morgan fingerprint density at radius 3 is 1.33 bits per heavy atom. The molecule has 0 bridgehead atoms. The minimum atomic E-state index is -0.514. The molecule has 552 valence electrons. The smallest absolute Gasteiger partial charge is 0.342 e. The SMILES string of the molecule is C=C1[C@@H](C)C[C@H](C)[C@H]1CO.C=C1[C@@H](C)C[C@H](O)[C@H]1CC.CC(C)=CCc1c(C)c(C)c2c(c1O)C(=O)OC2.CC(C)=CCc1c(C)c(C)c2c(c1O)C(=O)OC2.COc1c(C)c2c(c(O)c1C/C=C(\C)CCC(=O)OCCN1CCOCC1)C(=O)OC2.Cc1c(C)c(O)c2c(c1C)COC2=O. The van der Waals surface area contributed by atoms with Crippen LogP contribution in [0.25, 0.3) is 0 Å². The van der Waals surface area contributed by atoms with E-state index in [4.69, 9.17) is 38.3 Å². The molecular formula is C82H111NO18. The van der Waals surface area contributed by atoms with E-state index < -0.39 is 23.9 Å². The highest BCUT2D eigenvalue weighted by Gasteiger charge is 2.36. The molecule has 4 aromatic carbocycles. The van der Waals surface area contributed by atoms with Crippen LogP contribution in [0.2, 0.25) is 0 Å². The number of cyclic esters (lactones) is 4. The number of carbonyl (C=O) groups is 5. The van der Waals surface area contributed by atoms with Crippen LogP contribution in [0.3, 0.4) is 0 Å². The number of fused-ring (bicyclic) bond motifs is 4. The van der Waals surface area contributed by atoms with Gasteiger partial charge >= 0.3 is 29.8 Å². The lowest BCUT2D eigenvalue weighted by molar-refractivity contribution is -0.144. The highest BCUT2D eigenvalue weighted by atomic mass is 16.6. The molecule has 19 nitrogen and oxygen atoms in total. The average molecular weight is 1400 g/mol. The van der Waals surface area contributed by atoms with Gasteiger partial charge in [-0.3, -0.25) is 9.69 Å². The van der Waals surface area contributed by atoms with Crippen molar-refractivity contribution in [1.82, 2.24) is 4.90 Å². The molecule has 11 rings (SSSR count). The molecule has 101 heavy (non-hydrogen) atoms. The summed E-state index contributed by atoms with van der Waals surface area (Å²) in [7, 11) is 1.54. The number of aliphatic hydroxyl groups is 2. The lowest BCUT2D eigenvalue weighted by Crippen LogP contribution is -2.38. The zero-order valence-electron chi connectivity index (χ0n) is 63.1. The number of rotatable bonds is 15. The van der Waals surface area contributed by atoms with Crippen LogP contribution in [0.1, 0.15) is 219 Å². The molecule has 1 saturated heterocycles. The second-order valence-electron chi connectivity index (χ2n) is 28.3. The van der Waals surface area contributed by atoms with Crippen molar-refractivity contribution < 1.29 is 87.8 Å². The van der Waals surface area contributed by atoms with Gasteiger partial charge in [-0.25, -0.2) is 19.2 Å². The summed E-state index contributed by atoms with van der Waals surface area (Å²) < 4.78 is 36.1. The van der Waals surface area contributed by atoms with E-state index in [0.29, 0.717) is 102 Å². The summed E-state index contributed by atoms with van der Waals surface area (Å²) in [5.41, 5.74) is 20.3. The van der Waals surface area contributed by atoms with Crippen molar-refractivity contribution in [3.05, 3.63) is 165 Å². The molecule has 3 fully saturated rings. The van der Waals surface area contributed by atoms with E-state index in [1.165, 1.54) is 28.7 Å². The quantitative estimate of drug-likeness (QED) is 0.0367. The third-order valence-corrected chi connectivity index (χ3v) is 21.3. The molecule has 6 N–H and O–H groups in total. The number of benzene rings is 4. The van der Waals surface area contributed by atoms with Gasteiger partial charge in [0.1, 0.15) is 84.0 Å². The van der Waals surface area contributed by atoms with Gasteiger partial charge in [0.15, 0.2) is 0 Å². The van der Waals surface area contributed by atoms with Gasteiger partial charge in [0, 0.05) is 83.4 Å². The molecule has 0 aromatic heterocycles. The van der Waals surface area contributed by atoms with Crippen LogP contribution in [-0.4, -0.2) is 125 Å². The molecule has 7 aliphatic rings. The Morgan fingerprint density at radius 1 is 0.545 bits per heavy atom. The van der Waals surface area contributed by atoms with Gasteiger partial charge in [0.25, 0.3) is 0 Å². The van der Waals surface area contributed by atoms with Crippen LogP contribution >= 0.6 is 0 Å². The van der Waals surface area contributed by atoms with E-state index in [9.17, 15) is 49.5 Å². The van der Waals surface area contributed by atoms with Gasteiger partial charge in [-0.15, -0.1) is 0 Å². The third-order valence-electron chi connectivity index (χ3n) is 21.3. The lowest BCUT2D eigenvalue weighted by atomic mass is 9.91. The minimum Gasteiger partial charge on any atom is -0.507 e. The second-order valence-corrected chi connectivity index (χ2v) is 28.3. The van der Waals surface area contributed by atoms with Gasteiger partial charge < -0.3 is 63.8 Å². The number of carbonyl (C=O) groups excluding carboxylic acids is 5. The zero-order valence-corrected chi connectivity index (χ0v) is 63.1. The van der Waals surface area contributed by atoms with Crippen molar-refractivity contribution in [2.45, 2.75) is 202 Å². The number of ether oxygens (including phenoxy) is 7. The van der Waals surface area contributed by atoms with Gasteiger partial charge in [0.2, 0.25) is 0 Å². The molecular weight excluding hydrogens is 1290 g/mol. The van der Waals surface area contributed by atoms with E-state index in [1.807, 2.05) is 108 Å². The summed E-state index contributed by atoms with van der Waals surface area (Å²) in [5, 5.41) is 59.4. The van der Waals surface area contributed by atoms with Gasteiger partial charge in [-0.05, 0) is 197 Å². The number of methoxy groups -OCH3 is 1. The van der Waals surface area contributed by atoms with E-state index in [2.05, 4.69) is 45.8 Å². The molecule has 2 aliphatic carbocycles. The van der Waals surface area contributed by atoms with Gasteiger partial charge in [-0.1, -0.05) is 86.9 Å². The first-order chi connectivity index (χ1) is 47.6. The number of esters is 5. The van der Waals surface area contributed by atoms with E-state index >= 15 is 0 Å². The molecule has 2 saturated carbocycles. The summed E-state index contributed by atoms with van der Waals surface area (Å²) in [5.74, 6) is 1.26. The largest absolute Gasteiger partial charge is 0.507 e. The first-order valence-electron chi connectivity index (χ1n) is 35.3. The maximum absolute atomic E-state index is 12.0. The highest BCUT2D eigenvalue weighted by Crippen LogP contribution is 2.44. The van der Waals surface area contributed by atoms with Crippen LogP contribution < -0.4 is 4.74 Å². The Morgan fingerprint density at radius 2 is 0.950 bits per heavy atom. The van der Waals surface area contributed by atoms with E-state index in [0.717, 1.165) is 124 Å². The van der Waals surface area contributed by atoms with Crippen LogP contribution in [0.5, 0.6) is 28.7 Å². The fourth-order valence-electron chi connectivity index (χ4n) is 14.0. The minimum absolute atomic E-state index is 0.0746. The molecule has 5 aliphatic heterocycles. The lowest BCUT2D eigenvalue weighted by Gasteiger charge is -2.26. The number of phenols is 4. The van der Waals surface area contributed by atoms with E-state index in [1.54, 1.807) is 7.11 Å². The molecule has 19 heteroatoms. The number of aliphatic hydroxyl groups excluding tert-OH is 2. The van der Waals surface area contributed by atoms with Crippen LogP contribution in [-0.2, 0) is 78.9 Å². The van der Waals surface area contributed by atoms with Crippen molar-refractivity contribution in [2.75, 3.05) is 53.2 Å². The zero-order chi connectivity index (χ0) is 75.2. The van der Waals surface area contributed by atoms with Crippen LogP contribution in [0, 0.1) is 85.0 Å². The Labute approximate surface area is 597 Å². The first-order valence-corrected chi connectivity index (χ1v) is 35.3. The normalized spacial score (nSPS) is 19.9. The number of aromatic hydroxyl groups is 4. The standard InChI is InChI=1S/C23H31NO7.2C15H18O3.C11H12O3.2C9H16O/c1-15(5-7-19(25)30-13-10-24-8-11-29-12-9-24)4-6-17-21(26)20-18(14-31-23(20)27)16(2)22(17)28-3;2*1-8(2)5-6-11-9(3)10(4)12-7-18-15(17)13(12)14(11)16;1-5-6(2)8-4-14-11(13)9(8)10(12)7(5)3;1-6-4-7(2)9(5-10)8(6)3;1-4-8-7(3)6(2)5-9(8)10/h4,26H,5-14H2,1-3H3;2*5,16H,6-7H2,1-4H3;12H,4H2,1-3H3;6-7,9-10H,3-5H2,1-2H3;6,8-10H,3-5H2,1-2H3/b15-4+;;;;;/t;;;;6-,7-,9+;6-,8-,9-/m....00/s1. The fraction of sp³-hybridized carbons (Fsp3) is 0.524. The van der Waals surface area contributed by atoms with Crippen molar-refractivity contribution in [3.63, 3.8) is 0 Å². The number of phenolic OH excluding ortho intramolecular Hbond substituents is 4. The topological polar surface area (TPSA) is 275 Å². The molecule has 0 spiro atoms. The number of morpholine rings is 1. The van der Waals surface area contributed by atoms with Crippen molar-refractivity contribution >= 4 is 29.8 Å². The molecule has 4 aromatic rings. The molecule has 0 radical (unpaired) electrons. The van der Waals surface area contributed by atoms with Crippen molar-refractivity contribution in [3.8, 4) is 28.7 Å². The van der Waals surface area contributed by atoms with Crippen molar-refractivity contribution in [2.24, 2.45) is 29.6 Å². The predicted octanol–water partition coefficient (Wildman–Crippen LogP) is 14.7. The summed E-state index contributed by atoms with van der Waals surface area (Å²) in [6, 6.07) is 0. The van der Waals surface area contributed by atoms with Crippen LogP contribution in [0.4, 0.5) is 0 Å². The summed E-state index contributed by atoms with van der Waals surface area (Å²) >= 11 is 0. The number of allylic oxidation sites excluding steroid dienone is 6. The Balaban J connectivity index is 0.000000200. The Kier molecular flexibility index (Phi) is 29.6. The molecule has 0 unspecified atom stereocenters. The molecule has 5 heterocycles. The summed E-state index contributed by atoms with van der Waals surface area (Å²) in [6.45, 7) is 47.6. The monoisotopic (exact) mass is 1400 g/mol. The average Bonchev–Trinajstić information content (AvgIpc) is 1.73. The summed E-state index contributed by atoms with van der Waals surface area (Å²) in [4.78, 5) is 60.8. The van der Waals surface area contributed by atoms with Crippen LogP contribution in [0.15, 0.2) is 59.3 Å². The fourth-order valence-corrected chi connectivity index (χ4v) is 14.0. The Hall–Kier alpha value is -8.23. The second kappa shape index (κ2) is 36.6. The van der Waals surface area contributed by atoms with E-state index in [-0.39, 0.29) is 73.7 Å². The highest BCUT2D eigenvalue weighted by molar-refractivity contribution is 6.00. The number of nitrogens with zero attached hydrogens (tertiary/aromatic N) is 1. The van der Waals surface area contributed by atoms with Gasteiger partial charge in [-0.2, -0.15) is 0 Å². The van der Waals surface area contributed by atoms with Gasteiger partial charge in [0.05, 0.1) is 26.4 Å². The first kappa shape index (κ1) is 81.7. The molecule has 0 amide bonds. The number of hydrogen-bond acceptors (Lipinski definition) is 19.